The fraction of sp³-hybridized carbons (Fsp3) is 0.271. The minimum Gasteiger partial charge on any atom is -0.389 e. The van der Waals surface area contributed by atoms with Gasteiger partial charge >= 0.3 is 0 Å². The topological polar surface area (TPSA) is 242 Å². The number of aliphatic imine (C=N–C) groups is 1. The molecule has 3 aliphatic rings. The lowest BCUT2D eigenvalue weighted by Gasteiger charge is -2.29. The minimum absolute atomic E-state index is 0.0110. The number of fused-ring (bicyclic) bond motifs is 4. The van der Waals surface area contributed by atoms with Gasteiger partial charge < -0.3 is 40.2 Å². The van der Waals surface area contributed by atoms with Gasteiger partial charge in [-0.15, -0.1) is 0 Å². The number of hydrogen-bond acceptors (Lipinski definition) is 15. The lowest BCUT2D eigenvalue weighted by molar-refractivity contribution is -0.137. The molecule has 0 radical (unpaired) electrons. The number of anilines is 3. The molecule has 0 aliphatic carbocycles. The van der Waals surface area contributed by atoms with E-state index in [2.05, 4.69) is 36.4 Å². The van der Waals surface area contributed by atoms with E-state index >= 15 is 0 Å². The zero-order valence-electron chi connectivity index (χ0n) is 36.8. The highest BCUT2D eigenvalue weighted by Crippen LogP contribution is 2.36. The molecule has 1 aromatic heterocycles. The van der Waals surface area contributed by atoms with Crippen LogP contribution in [0.2, 0.25) is 5.02 Å². The molecule has 0 bridgehead atoms. The van der Waals surface area contributed by atoms with Crippen LogP contribution in [0.1, 0.15) is 51.0 Å². The van der Waals surface area contributed by atoms with Crippen molar-refractivity contribution in [2.45, 2.75) is 38.1 Å². The zero-order valence-corrected chi connectivity index (χ0v) is 37.5. The molecule has 18 nitrogen and oxygen atoms in total. The van der Waals surface area contributed by atoms with Gasteiger partial charge in [0, 0.05) is 81.7 Å². The van der Waals surface area contributed by atoms with Crippen LogP contribution in [0.3, 0.4) is 0 Å². The van der Waals surface area contributed by atoms with Crippen LogP contribution in [0.5, 0.6) is 0 Å². The number of hydrogen-bond donors (Lipinski definition) is 6. The Labute approximate surface area is 398 Å². The standard InChI is InChI=1S/C48H45ClF2N10O8/c49-29-9-12-32-34(19-29)45(43-36(50)4-2-5-37(43)51)54-20-28-21-55-48(59-44(28)32)56-30-10-7-27(8-11-30)39(60-52)23-53-22-31(62)25-68-17-15-67-16-18-69-26-42(64)57-38-6-1-3-33-35(38)24-61(47(33)66)40-13-14-41(63)58-46(40)65/h1-12,19,21,23,31,40,52-53,62H,13-18,20,22,24-26H2,(H,57,64)(H,55,56,59)(H,58,63,65)/b39-23-,60-52?. The maximum atomic E-state index is 14.9. The van der Waals surface area contributed by atoms with E-state index < -0.39 is 35.6 Å². The summed E-state index contributed by atoms with van der Waals surface area (Å²) in [5.41, 5.74) is 12.7. The highest BCUT2D eigenvalue weighted by Gasteiger charge is 2.40. The van der Waals surface area contributed by atoms with Crippen LogP contribution in [0.15, 0.2) is 101 Å². The second-order valence-corrected chi connectivity index (χ2v) is 16.4. The molecule has 1 fully saturated rings. The van der Waals surface area contributed by atoms with E-state index in [1.54, 1.807) is 66.9 Å². The smallest absolute Gasteiger partial charge is 0.255 e. The van der Waals surface area contributed by atoms with E-state index in [1.165, 1.54) is 29.3 Å². The average molecular weight is 963 g/mol. The lowest BCUT2D eigenvalue weighted by Crippen LogP contribution is -2.52. The molecule has 0 spiro atoms. The van der Waals surface area contributed by atoms with E-state index in [0.29, 0.717) is 61.2 Å². The summed E-state index contributed by atoms with van der Waals surface area (Å²) in [6.07, 6.45) is 2.61. The molecule has 6 N–H and O–H groups in total. The number of carbonyl (C=O) groups is 4. The highest BCUT2D eigenvalue weighted by atomic mass is 35.5. The summed E-state index contributed by atoms with van der Waals surface area (Å²) < 4.78 is 46.3. The molecule has 4 amide bonds. The summed E-state index contributed by atoms with van der Waals surface area (Å²) in [4.78, 5) is 64.8. The van der Waals surface area contributed by atoms with Gasteiger partial charge in [-0.3, -0.25) is 29.5 Å². The van der Waals surface area contributed by atoms with Crippen molar-refractivity contribution in [2.24, 2.45) is 10.1 Å². The number of benzene rings is 4. The Hall–Kier alpha value is -7.36. The molecule has 2 unspecified atom stereocenters. The number of carbonyl (C=O) groups excluding carboxylic acids is 4. The number of aromatic nitrogens is 2. The van der Waals surface area contributed by atoms with E-state index in [1.807, 2.05) is 0 Å². The van der Waals surface area contributed by atoms with Gasteiger partial charge in [-0.1, -0.05) is 41.9 Å². The molecule has 8 rings (SSSR count). The molecular formula is C48H45ClF2N10O8. The molecule has 3 aliphatic heterocycles. The first-order valence-corrected chi connectivity index (χ1v) is 22.2. The number of piperidine rings is 1. The monoisotopic (exact) mass is 962 g/mol. The van der Waals surface area contributed by atoms with Crippen LogP contribution in [0.25, 0.3) is 17.0 Å². The largest absolute Gasteiger partial charge is 0.389 e. The van der Waals surface area contributed by atoms with Crippen LogP contribution >= 0.6 is 11.6 Å². The molecular weight excluding hydrogens is 918 g/mol. The fourth-order valence-corrected chi connectivity index (χ4v) is 8.09. The molecule has 356 valence electrons. The van der Waals surface area contributed by atoms with Crippen molar-refractivity contribution >= 4 is 64.0 Å². The summed E-state index contributed by atoms with van der Waals surface area (Å²) in [7, 11) is 0. The van der Waals surface area contributed by atoms with Gasteiger partial charge in [0.25, 0.3) is 5.91 Å². The van der Waals surface area contributed by atoms with Crippen molar-refractivity contribution in [1.29, 1.82) is 5.53 Å². The van der Waals surface area contributed by atoms with Gasteiger partial charge in [-0.05, 0) is 55.0 Å². The van der Waals surface area contributed by atoms with E-state index in [4.69, 9.17) is 36.3 Å². The predicted octanol–water partition coefficient (Wildman–Crippen LogP) is 5.90. The first-order valence-electron chi connectivity index (χ1n) is 21.8. The van der Waals surface area contributed by atoms with Crippen LogP contribution in [-0.4, -0.2) is 108 Å². The van der Waals surface area contributed by atoms with Crippen LogP contribution in [-0.2, 0) is 41.7 Å². The SMILES string of the molecule is N=N/C(=C\NCC(O)COCCOCCOCC(=O)Nc1cccc2c1CN(C1CCC(=O)NC1=O)C2=O)c1ccc(Nc2ncc3c(n2)-c2ccc(Cl)cc2C(c2c(F)cccc2F)=NC3)cc1. The minimum atomic E-state index is -0.880. The number of nitrogens with one attached hydrogen (secondary N) is 5. The Kier molecular flexibility index (Phi) is 15.5. The van der Waals surface area contributed by atoms with Crippen molar-refractivity contribution in [3.05, 3.63) is 141 Å². The van der Waals surface area contributed by atoms with Crippen LogP contribution < -0.4 is 21.3 Å². The normalized spacial score (nSPS) is 15.9. The van der Waals surface area contributed by atoms with Gasteiger partial charge in [-0.2, -0.15) is 5.11 Å². The van der Waals surface area contributed by atoms with E-state index in [-0.39, 0.29) is 101 Å². The molecule has 4 aromatic carbocycles. The summed E-state index contributed by atoms with van der Waals surface area (Å²) in [6, 6.07) is 19.9. The van der Waals surface area contributed by atoms with Crippen molar-refractivity contribution in [3.8, 4) is 11.3 Å². The third-order valence-corrected chi connectivity index (χ3v) is 11.5. The molecule has 4 heterocycles. The maximum absolute atomic E-state index is 14.9. The number of nitrogens with zero attached hydrogens (tertiary/aromatic N) is 5. The van der Waals surface area contributed by atoms with Crippen LogP contribution in [0.4, 0.5) is 26.1 Å². The van der Waals surface area contributed by atoms with Crippen molar-refractivity contribution in [3.63, 3.8) is 0 Å². The first-order chi connectivity index (χ1) is 33.5. The van der Waals surface area contributed by atoms with Crippen molar-refractivity contribution < 1.29 is 47.3 Å². The quantitative estimate of drug-likeness (QED) is 0.0304. The van der Waals surface area contributed by atoms with Crippen molar-refractivity contribution in [2.75, 3.05) is 56.8 Å². The number of amides is 4. The fourth-order valence-electron chi connectivity index (χ4n) is 7.92. The van der Waals surface area contributed by atoms with Gasteiger partial charge in [-0.25, -0.2) is 24.3 Å². The number of halogens is 3. The second-order valence-electron chi connectivity index (χ2n) is 15.9. The third-order valence-electron chi connectivity index (χ3n) is 11.3. The lowest BCUT2D eigenvalue weighted by atomic mass is 9.95. The number of aliphatic hydroxyl groups excluding tert-OH is 1. The van der Waals surface area contributed by atoms with Crippen molar-refractivity contribution in [1.82, 2.24) is 25.5 Å². The molecule has 21 heteroatoms. The Balaban J connectivity index is 0.728. The Morgan fingerprint density at radius 2 is 1.72 bits per heavy atom. The molecule has 2 atom stereocenters. The predicted molar refractivity (Wildman–Crippen MR) is 249 cm³/mol. The molecule has 1 saturated heterocycles. The number of rotatable bonds is 20. The Morgan fingerprint density at radius 3 is 2.49 bits per heavy atom. The summed E-state index contributed by atoms with van der Waals surface area (Å²) in [5, 5.41) is 25.6. The third kappa shape index (κ3) is 11.5. The van der Waals surface area contributed by atoms with Gasteiger partial charge in [0.1, 0.15) is 30.0 Å². The van der Waals surface area contributed by atoms with Gasteiger partial charge in [0.05, 0.1) is 62.7 Å². The Morgan fingerprint density at radius 1 is 0.971 bits per heavy atom. The maximum Gasteiger partial charge on any atom is 0.255 e. The average Bonchev–Trinajstić information content (AvgIpc) is 3.59. The molecule has 0 saturated carbocycles. The Bertz CT molecular complexity index is 2830. The van der Waals surface area contributed by atoms with E-state index in [0.717, 1.165) is 0 Å². The van der Waals surface area contributed by atoms with E-state index in [9.17, 15) is 33.1 Å². The first kappa shape index (κ1) is 48.1. The summed E-state index contributed by atoms with van der Waals surface area (Å²) >= 11 is 6.35. The second kappa shape index (κ2) is 22.2. The number of aliphatic hydroxyl groups is 1. The number of ether oxygens (including phenoxy) is 3. The zero-order chi connectivity index (χ0) is 48.4. The van der Waals surface area contributed by atoms with Gasteiger partial charge in [0.15, 0.2) is 0 Å². The summed E-state index contributed by atoms with van der Waals surface area (Å²) in [5.74, 6) is -2.90. The van der Waals surface area contributed by atoms with Gasteiger partial charge in [0.2, 0.25) is 23.7 Å². The molecule has 5 aromatic rings. The molecule has 69 heavy (non-hydrogen) atoms. The van der Waals surface area contributed by atoms with Crippen LogP contribution in [0, 0.1) is 17.2 Å². The summed E-state index contributed by atoms with van der Waals surface area (Å²) in [6.45, 7) is 0.783. The number of imide groups is 1. The highest BCUT2D eigenvalue weighted by molar-refractivity contribution is 6.31.